The van der Waals surface area contributed by atoms with Crippen molar-refractivity contribution in [3.8, 4) is 11.1 Å². The Balaban J connectivity index is 1.85. The van der Waals surface area contributed by atoms with Crippen molar-refractivity contribution < 1.29 is 13.6 Å². The van der Waals surface area contributed by atoms with Crippen molar-refractivity contribution in [3.63, 3.8) is 0 Å². The third kappa shape index (κ3) is 2.96. The van der Waals surface area contributed by atoms with E-state index in [4.69, 9.17) is 0 Å². The summed E-state index contributed by atoms with van der Waals surface area (Å²) in [5.74, 6) is -0.0552. The standard InChI is InChI=1S/C16H15F2N3O/c17-15(18)13-7-12(8-19-9-13)10-1-3-11(4-2-10)14-16(22)21-6-5-20-14/h1-4,7-9,14-15,20H,5-6H2,(H,21,22). The molecule has 6 heteroatoms. The van der Waals surface area contributed by atoms with E-state index in [2.05, 4.69) is 15.6 Å². The molecule has 1 aliphatic rings. The molecule has 1 saturated heterocycles. The summed E-state index contributed by atoms with van der Waals surface area (Å²) in [5.41, 5.74) is 2.16. The second-order valence-electron chi connectivity index (χ2n) is 5.11. The Morgan fingerprint density at radius 2 is 1.86 bits per heavy atom. The number of nitrogens with zero attached hydrogens (tertiary/aromatic N) is 1. The molecule has 1 aliphatic heterocycles. The molecular weight excluding hydrogens is 288 g/mol. The van der Waals surface area contributed by atoms with Gasteiger partial charge >= 0.3 is 0 Å². The van der Waals surface area contributed by atoms with Gasteiger partial charge in [-0.3, -0.25) is 9.78 Å². The van der Waals surface area contributed by atoms with Crippen molar-refractivity contribution in [2.45, 2.75) is 12.5 Å². The van der Waals surface area contributed by atoms with Crippen molar-refractivity contribution in [1.29, 1.82) is 0 Å². The van der Waals surface area contributed by atoms with Crippen LogP contribution >= 0.6 is 0 Å². The van der Waals surface area contributed by atoms with Crippen LogP contribution in [0.5, 0.6) is 0 Å². The summed E-state index contributed by atoms with van der Waals surface area (Å²) >= 11 is 0. The fraction of sp³-hybridized carbons (Fsp3) is 0.250. The molecule has 1 amide bonds. The van der Waals surface area contributed by atoms with Crippen LogP contribution in [0, 0.1) is 0 Å². The molecule has 1 fully saturated rings. The first-order valence-corrected chi connectivity index (χ1v) is 6.99. The van der Waals surface area contributed by atoms with Crippen LogP contribution in [0.4, 0.5) is 8.78 Å². The predicted molar refractivity (Wildman–Crippen MR) is 78.4 cm³/mol. The van der Waals surface area contributed by atoms with Crippen LogP contribution in [0.2, 0.25) is 0 Å². The number of alkyl halides is 2. The van der Waals surface area contributed by atoms with Crippen molar-refractivity contribution in [2.24, 2.45) is 0 Å². The molecule has 114 valence electrons. The highest BCUT2D eigenvalue weighted by molar-refractivity contribution is 5.84. The van der Waals surface area contributed by atoms with Crippen LogP contribution in [-0.2, 0) is 4.79 Å². The van der Waals surface area contributed by atoms with E-state index < -0.39 is 6.43 Å². The summed E-state index contributed by atoms with van der Waals surface area (Å²) in [7, 11) is 0. The van der Waals surface area contributed by atoms with Gasteiger partial charge in [-0.25, -0.2) is 8.78 Å². The summed E-state index contributed by atoms with van der Waals surface area (Å²) in [4.78, 5) is 15.7. The average Bonchev–Trinajstić information content (AvgIpc) is 2.56. The van der Waals surface area contributed by atoms with E-state index in [0.29, 0.717) is 12.1 Å². The number of pyridine rings is 1. The van der Waals surface area contributed by atoms with Crippen molar-refractivity contribution in [2.75, 3.05) is 13.1 Å². The molecular formula is C16H15F2N3O. The predicted octanol–water partition coefficient (Wildman–Crippen LogP) is 2.45. The highest BCUT2D eigenvalue weighted by Crippen LogP contribution is 2.26. The quantitative estimate of drug-likeness (QED) is 0.916. The van der Waals surface area contributed by atoms with E-state index in [9.17, 15) is 13.6 Å². The monoisotopic (exact) mass is 303 g/mol. The zero-order valence-corrected chi connectivity index (χ0v) is 11.7. The van der Waals surface area contributed by atoms with Gasteiger partial charge in [-0.05, 0) is 17.2 Å². The van der Waals surface area contributed by atoms with Gasteiger partial charge in [0.1, 0.15) is 6.04 Å². The van der Waals surface area contributed by atoms with E-state index in [1.54, 1.807) is 6.20 Å². The van der Waals surface area contributed by atoms with Crippen LogP contribution in [0.15, 0.2) is 42.7 Å². The first kappa shape index (κ1) is 14.6. The van der Waals surface area contributed by atoms with Crippen molar-refractivity contribution in [3.05, 3.63) is 53.9 Å². The van der Waals surface area contributed by atoms with E-state index in [1.807, 2.05) is 24.3 Å². The molecule has 0 radical (unpaired) electrons. The van der Waals surface area contributed by atoms with E-state index in [-0.39, 0.29) is 17.5 Å². The molecule has 0 spiro atoms. The Labute approximate surface area is 126 Å². The van der Waals surface area contributed by atoms with E-state index in [1.165, 1.54) is 12.3 Å². The Morgan fingerprint density at radius 3 is 2.55 bits per heavy atom. The molecule has 1 unspecified atom stereocenters. The lowest BCUT2D eigenvalue weighted by atomic mass is 10.00. The Morgan fingerprint density at radius 1 is 1.09 bits per heavy atom. The minimum absolute atomic E-state index is 0.0552. The van der Waals surface area contributed by atoms with Gasteiger partial charge in [0, 0.05) is 36.6 Å². The Bertz CT molecular complexity index is 673. The third-order valence-electron chi connectivity index (χ3n) is 3.62. The van der Waals surface area contributed by atoms with E-state index >= 15 is 0 Å². The van der Waals surface area contributed by atoms with Gasteiger partial charge < -0.3 is 10.6 Å². The molecule has 3 rings (SSSR count). The maximum Gasteiger partial charge on any atom is 0.265 e. The van der Waals surface area contributed by atoms with Crippen LogP contribution in [0.25, 0.3) is 11.1 Å². The number of aromatic nitrogens is 1. The summed E-state index contributed by atoms with van der Waals surface area (Å²) in [5, 5.41) is 5.95. The fourth-order valence-electron chi connectivity index (χ4n) is 2.47. The number of halogens is 2. The van der Waals surface area contributed by atoms with Gasteiger partial charge in [-0.2, -0.15) is 0 Å². The van der Waals surface area contributed by atoms with Gasteiger partial charge in [0.25, 0.3) is 6.43 Å². The zero-order valence-electron chi connectivity index (χ0n) is 11.7. The minimum atomic E-state index is -2.54. The highest BCUT2D eigenvalue weighted by Gasteiger charge is 2.22. The van der Waals surface area contributed by atoms with Gasteiger partial charge in [0.05, 0.1) is 0 Å². The smallest absolute Gasteiger partial charge is 0.265 e. The largest absolute Gasteiger partial charge is 0.353 e. The normalized spacial score (nSPS) is 18.3. The molecule has 0 aliphatic carbocycles. The van der Waals surface area contributed by atoms with Gasteiger partial charge in [-0.15, -0.1) is 0 Å². The number of benzene rings is 1. The topological polar surface area (TPSA) is 54.0 Å². The second kappa shape index (κ2) is 6.19. The second-order valence-corrected chi connectivity index (χ2v) is 5.11. The van der Waals surface area contributed by atoms with Gasteiger partial charge in [-0.1, -0.05) is 24.3 Å². The molecule has 1 aromatic carbocycles. The van der Waals surface area contributed by atoms with Crippen LogP contribution < -0.4 is 10.6 Å². The first-order chi connectivity index (χ1) is 10.6. The maximum atomic E-state index is 12.7. The Kier molecular flexibility index (Phi) is 4.11. The minimum Gasteiger partial charge on any atom is -0.353 e. The molecule has 2 N–H and O–H groups in total. The lowest BCUT2D eigenvalue weighted by Crippen LogP contribution is -2.47. The number of carbonyl (C=O) groups excluding carboxylic acids is 1. The highest BCUT2D eigenvalue weighted by atomic mass is 19.3. The first-order valence-electron chi connectivity index (χ1n) is 6.99. The average molecular weight is 303 g/mol. The molecule has 4 nitrogen and oxygen atoms in total. The number of carbonyl (C=O) groups is 1. The number of hydrogen-bond donors (Lipinski definition) is 2. The van der Waals surface area contributed by atoms with Crippen molar-refractivity contribution >= 4 is 5.91 Å². The summed E-state index contributed by atoms with van der Waals surface area (Å²) in [6.07, 6.45) is 0.174. The molecule has 22 heavy (non-hydrogen) atoms. The third-order valence-corrected chi connectivity index (χ3v) is 3.62. The summed E-state index contributed by atoms with van der Waals surface area (Å²) in [6, 6.07) is 8.34. The number of rotatable bonds is 3. The number of hydrogen-bond acceptors (Lipinski definition) is 3. The number of amides is 1. The summed E-state index contributed by atoms with van der Waals surface area (Å²) in [6.45, 7) is 1.35. The maximum absolute atomic E-state index is 12.7. The molecule has 0 bridgehead atoms. The Hall–Kier alpha value is -2.34. The fourth-order valence-corrected chi connectivity index (χ4v) is 2.47. The van der Waals surface area contributed by atoms with Crippen molar-refractivity contribution in [1.82, 2.24) is 15.6 Å². The molecule has 1 atom stereocenters. The molecule has 1 aromatic heterocycles. The van der Waals surface area contributed by atoms with Crippen LogP contribution in [0.3, 0.4) is 0 Å². The zero-order chi connectivity index (χ0) is 15.5. The lowest BCUT2D eigenvalue weighted by molar-refractivity contribution is -0.124. The molecule has 0 saturated carbocycles. The number of nitrogens with one attached hydrogen (secondary N) is 2. The molecule has 2 heterocycles. The van der Waals surface area contributed by atoms with Gasteiger partial charge in [0.2, 0.25) is 5.91 Å². The van der Waals surface area contributed by atoms with Crippen LogP contribution in [-0.4, -0.2) is 24.0 Å². The van der Waals surface area contributed by atoms with Gasteiger partial charge in [0.15, 0.2) is 0 Å². The lowest BCUT2D eigenvalue weighted by Gasteiger charge is -2.23. The number of piperazine rings is 1. The van der Waals surface area contributed by atoms with Crippen LogP contribution in [0.1, 0.15) is 23.6 Å². The SMILES string of the molecule is O=C1NCCNC1c1ccc(-c2cncc(C(F)F)c2)cc1. The molecule has 2 aromatic rings. The van der Waals surface area contributed by atoms with E-state index in [0.717, 1.165) is 17.7 Å². The summed E-state index contributed by atoms with van der Waals surface area (Å²) < 4.78 is 25.4.